The number of hydrazine groups is 1. The first-order valence-corrected chi connectivity index (χ1v) is 7.67. The molecule has 1 amide bonds. The summed E-state index contributed by atoms with van der Waals surface area (Å²) in [6, 6.07) is 7.82. The monoisotopic (exact) mass is 296 g/mol. The second-order valence-electron chi connectivity index (χ2n) is 7.25. The Morgan fingerprint density at radius 2 is 1.68 bits per heavy atom. The van der Waals surface area contributed by atoms with Crippen molar-refractivity contribution < 1.29 is 4.79 Å². The van der Waals surface area contributed by atoms with E-state index in [9.17, 15) is 4.79 Å². The fraction of sp³-hybridized carbons (Fsp3) is 0.471. The molecule has 3 N–H and O–H groups in total. The summed E-state index contributed by atoms with van der Waals surface area (Å²) in [5.74, 6) is 5.37. The third kappa shape index (κ3) is 1.19. The van der Waals surface area contributed by atoms with E-state index in [0.717, 1.165) is 35.3 Å². The third-order valence-corrected chi connectivity index (χ3v) is 6.46. The van der Waals surface area contributed by atoms with Crippen LogP contribution >= 0.6 is 0 Å². The molecule has 1 aromatic carbocycles. The molecule has 1 saturated carbocycles. The summed E-state index contributed by atoms with van der Waals surface area (Å²) in [5, 5.41) is 0. The Hall–Kier alpha value is -2.01. The minimum absolute atomic E-state index is 0.149. The zero-order chi connectivity index (χ0) is 15.8. The largest absolute Gasteiger partial charge is 0.293 e. The van der Waals surface area contributed by atoms with Crippen LogP contribution in [0.3, 0.4) is 0 Å². The molecule has 5 heteroatoms. The van der Waals surface area contributed by atoms with E-state index in [1.54, 1.807) is 0 Å². The molecule has 2 aromatic rings. The number of carbonyl (C=O) groups excluding carboxylic acids is 1. The molecule has 5 nitrogen and oxygen atoms in total. The summed E-state index contributed by atoms with van der Waals surface area (Å²) in [4.78, 5) is 22.5. The summed E-state index contributed by atoms with van der Waals surface area (Å²) in [7, 11) is 0. The molecule has 4 rings (SSSR count). The summed E-state index contributed by atoms with van der Waals surface area (Å²) >= 11 is 0. The van der Waals surface area contributed by atoms with Gasteiger partial charge in [-0.25, -0.2) is 15.8 Å². The molecule has 114 valence electrons. The van der Waals surface area contributed by atoms with Gasteiger partial charge in [-0.1, -0.05) is 32.9 Å². The van der Waals surface area contributed by atoms with E-state index in [-0.39, 0.29) is 16.7 Å². The van der Waals surface area contributed by atoms with Crippen molar-refractivity contribution in [1.29, 1.82) is 0 Å². The van der Waals surface area contributed by atoms with Crippen molar-refractivity contribution in [2.45, 2.75) is 44.4 Å². The van der Waals surface area contributed by atoms with Gasteiger partial charge in [-0.2, -0.15) is 0 Å². The molecule has 2 aliphatic rings. The zero-order valence-electron chi connectivity index (χ0n) is 13.1. The maximum absolute atomic E-state index is 12.7. The topological polar surface area (TPSA) is 80.9 Å². The number of hydrogen-bond acceptors (Lipinski definition) is 4. The van der Waals surface area contributed by atoms with E-state index in [4.69, 9.17) is 15.8 Å². The molecule has 0 unspecified atom stereocenters. The number of carbonyl (C=O) groups is 1. The molecule has 1 aromatic heterocycles. The highest BCUT2D eigenvalue weighted by Gasteiger charge is 2.73. The standard InChI is InChI=1S/C17H20N4O/c1-15(2)16(3)8-9-17(15,14(22)21-18)13-12(16)19-10-6-4-5-7-11(10)20-13/h4-7H,8-9,18H2,1-3H3,(H,21,22)/t16-,17-/m0/s1. The number of nitrogens with zero attached hydrogens (tertiary/aromatic N) is 2. The van der Waals surface area contributed by atoms with Crippen LogP contribution in [0.4, 0.5) is 0 Å². The van der Waals surface area contributed by atoms with Crippen LogP contribution in [0.25, 0.3) is 11.0 Å². The Morgan fingerprint density at radius 1 is 1.09 bits per heavy atom. The Bertz CT molecular complexity index is 815. The number of aromatic nitrogens is 2. The van der Waals surface area contributed by atoms with Crippen molar-refractivity contribution in [2.24, 2.45) is 11.3 Å². The fourth-order valence-electron chi connectivity index (χ4n) is 4.67. The van der Waals surface area contributed by atoms with Crippen molar-refractivity contribution in [1.82, 2.24) is 15.4 Å². The second kappa shape index (κ2) is 3.84. The van der Waals surface area contributed by atoms with Gasteiger partial charge in [0, 0.05) is 5.41 Å². The number of nitrogens with one attached hydrogen (secondary N) is 1. The van der Waals surface area contributed by atoms with Gasteiger partial charge in [-0.3, -0.25) is 10.2 Å². The van der Waals surface area contributed by atoms with Crippen LogP contribution in [-0.4, -0.2) is 15.9 Å². The van der Waals surface area contributed by atoms with Crippen molar-refractivity contribution >= 4 is 16.9 Å². The summed E-state index contributed by atoms with van der Waals surface area (Å²) in [6.07, 6.45) is 1.69. The van der Waals surface area contributed by atoms with Crippen LogP contribution in [0.1, 0.15) is 45.0 Å². The Balaban J connectivity index is 2.12. The van der Waals surface area contributed by atoms with Crippen molar-refractivity contribution in [3.8, 4) is 0 Å². The summed E-state index contributed by atoms with van der Waals surface area (Å²) in [5.41, 5.74) is 4.74. The minimum Gasteiger partial charge on any atom is -0.293 e. The average Bonchev–Trinajstić information content (AvgIpc) is 2.81. The Morgan fingerprint density at radius 3 is 2.27 bits per heavy atom. The molecular weight excluding hydrogens is 276 g/mol. The average molecular weight is 296 g/mol. The molecule has 1 heterocycles. The smallest absolute Gasteiger partial charge is 0.246 e. The number of para-hydroxylation sites is 2. The molecular formula is C17H20N4O. The number of fused-ring (bicyclic) bond motifs is 6. The zero-order valence-corrected chi connectivity index (χ0v) is 13.1. The lowest BCUT2D eigenvalue weighted by Gasteiger charge is -2.39. The van der Waals surface area contributed by atoms with Gasteiger partial charge in [0.15, 0.2) is 0 Å². The molecule has 0 radical (unpaired) electrons. The van der Waals surface area contributed by atoms with E-state index in [0.29, 0.717) is 0 Å². The van der Waals surface area contributed by atoms with Gasteiger partial charge in [-0.05, 0) is 30.4 Å². The molecule has 0 saturated heterocycles. The van der Waals surface area contributed by atoms with Crippen molar-refractivity contribution in [3.63, 3.8) is 0 Å². The number of nitrogens with two attached hydrogens (primary N) is 1. The Kier molecular flexibility index (Phi) is 2.38. The van der Waals surface area contributed by atoms with Gasteiger partial charge < -0.3 is 0 Å². The highest BCUT2D eigenvalue weighted by atomic mass is 16.2. The van der Waals surface area contributed by atoms with Gasteiger partial charge in [0.1, 0.15) is 5.41 Å². The van der Waals surface area contributed by atoms with E-state index in [1.807, 2.05) is 24.3 Å². The lowest BCUT2D eigenvalue weighted by atomic mass is 9.63. The SMILES string of the molecule is CC1(C)[C@@]2(C)CC[C@@]1(C(=O)NN)c1nc3ccccc3nc12. The lowest BCUT2D eigenvalue weighted by molar-refractivity contribution is -0.130. The molecule has 1 fully saturated rings. The molecule has 2 bridgehead atoms. The first-order valence-electron chi connectivity index (χ1n) is 7.67. The first-order chi connectivity index (χ1) is 10.4. The highest BCUT2D eigenvalue weighted by Crippen LogP contribution is 2.70. The van der Waals surface area contributed by atoms with Crippen molar-refractivity contribution in [2.75, 3.05) is 0 Å². The highest BCUT2D eigenvalue weighted by molar-refractivity contribution is 5.92. The predicted molar refractivity (Wildman–Crippen MR) is 83.9 cm³/mol. The molecule has 22 heavy (non-hydrogen) atoms. The minimum atomic E-state index is -0.692. The maximum Gasteiger partial charge on any atom is 0.246 e. The molecule has 0 aliphatic heterocycles. The van der Waals surface area contributed by atoms with Crippen LogP contribution < -0.4 is 11.3 Å². The van der Waals surface area contributed by atoms with E-state index >= 15 is 0 Å². The van der Waals surface area contributed by atoms with Gasteiger partial charge in [0.05, 0.1) is 22.4 Å². The quantitative estimate of drug-likeness (QED) is 0.479. The van der Waals surface area contributed by atoms with Crippen LogP contribution in [0.2, 0.25) is 0 Å². The van der Waals surface area contributed by atoms with Crippen LogP contribution in [0, 0.1) is 5.41 Å². The maximum atomic E-state index is 12.7. The van der Waals surface area contributed by atoms with E-state index < -0.39 is 5.41 Å². The van der Waals surface area contributed by atoms with Gasteiger partial charge >= 0.3 is 0 Å². The second-order valence-corrected chi connectivity index (χ2v) is 7.25. The predicted octanol–water partition coefficient (Wildman–Crippen LogP) is 1.95. The number of amides is 1. The number of rotatable bonds is 1. The van der Waals surface area contributed by atoms with Gasteiger partial charge in [0.2, 0.25) is 5.91 Å². The van der Waals surface area contributed by atoms with Crippen LogP contribution in [0.15, 0.2) is 24.3 Å². The van der Waals surface area contributed by atoms with E-state index in [1.165, 1.54) is 0 Å². The summed E-state index contributed by atoms with van der Waals surface area (Å²) in [6.45, 7) is 6.49. The lowest BCUT2D eigenvalue weighted by Crippen LogP contribution is -2.53. The normalized spacial score (nSPS) is 31.3. The van der Waals surface area contributed by atoms with Crippen molar-refractivity contribution in [3.05, 3.63) is 35.7 Å². The van der Waals surface area contributed by atoms with Gasteiger partial charge in [-0.15, -0.1) is 0 Å². The fourth-order valence-corrected chi connectivity index (χ4v) is 4.67. The summed E-state index contributed by atoms with van der Waals surface area (Å²) < 4.78 is 0. The molecule has 0 spiro atoms. The van der Waals surface area contributed by atoms with Crippen LogP contribution in [-0.2, 0) is 15.6 Å². The number of hydrogen-bond donors (Lipinski definition) is 2. The molecule has 2 atom stereocenters. The Labute approximate surface area is 129 Å². The van der Waals surface area contributed by atoms with Crippen LogP contribution in [0.5, 0.6) is 0 Å². The first kappa shape index (κ1) is 13.6. The number of benzene rings is 1. The third-order valence-electron chi connectivity index (χ3n) is 6.46. The van der Waals surface area contributed by atoms with E-state index in [2.05, 4.69) is 26.2 Å². The van der Waals surface area contributed by atoms with Gasteiger partial charge in [0.25, 0.3) is 0 Å². The molecule has 2 aliphatic carbocycles.